The fraction of sp³-hybridized carbons (Fsp3) is 0.525. The first-order valence-corrected chi connectivity index (χ1v) is 17.7. The molecular weight excluding hydrogens is 686 g/mol. The number of benzene rings is 1. The molecule has 1 aliphatic carbocycles. The Morgan fingerprint density at radius 1 is 0.906 bits per heavy atom. The molecule has 53 heavy (non-hydrogen) atoms. The second-order valence-corrected chi connectivity index (χ2v) is 14.7. The predicted octanol–water partition coefficient (Wildman–Crippen LogP) is 5.34. The van der Waals surface area contributed by atoms with Gasteiger partial charge in [0.2, 0.25) is 0 Å². The maximum absolute atomic E-state index is 14.6. The molecule has 6 N–H and O–H groups in total. The minimum atomic E-state index is -2.04. The first-order chi connectivity index (χ1) is 24.7. The van der Waals surface area contributed by atoms with Crippen molar-refractivity contribution >= 4 is 23.3 Å². The second-order valence-electron chi connectivity index (χ2n) is 14.7. The number of aliphatic hydroxyl groups is 4. The molecule has 0 radical (unpaired) electrons. The van der Waals surface area contributed by atoms with Crippen LogP contribution in [-0.2, 0) is 19.0 Å². The molecule has 13 nitrogen and oxygen atoms in total. The van der Waals surface area contributed by atoms with Crippen LogP contribution in [0.4, 0.5) is 0 Å². The van der Waals surface area contributed by atoms with Crippen molar-refractivity contribution in [3.63, 3.8) is 0 Å². The van der Waals surface area contributed by atoms with Crippen LogP contribution < -0.4 is 10.1 Å². The Morgan fingerprint density at radius 2 is 1.55 bits per heavy atom. The molecule has 2 aliphatic heterocycles. The fourth-order valence-corrected chi connectivity index (χ4v) is 7.55. The third-order valence-electron chi connectivity index (χ3n) is 11.0. The van der Waals surface area contributed by atoms with Crippen molar-refractivity contribution in [2.24, 2.45) is 29.1 Å². The highest BCUT2D eigenvalue weighted by atomic mass is 16.7. The van der Waals surface area contributed by atoms with Gasteiger partial charge in [0.05, 0.1) is 46.8 Å². The Labute approximate surface area is 310 Å². The lowest BCUT2D eigenvalue weighted by atomic mass is 9.70. The summed E-state index contributed by atoms with van der Waals surface area (Å²) in [5, 5.41) is 59.8. The summed E-state index contributed by atoms with van der Waals surface area (Å²) in [6.07, 6.45) is 5.03. The number of carbonyl (C=O) groups is 3. The summed E-state index contributed by atoms with van der Waals surface area (Å²) in [4.78, 5) is 41.1. The van der Waals surface area contributed by atoms with E-state index in [1.165, 1.54) is 60.3 Å². The van der Waals surface area contributed by atoms with E-state index in [9.17, 15) is 39.9 Å². The Hall–Kier alpha value is -4.59. The molecule has 1 unspecified atom stereocenters. The molecule has 4 rings (SSSR count). The number of nitrogens with one attached hydrogen (secondary N) is 1. The maximum Gasteiger partial charge on any atom is 0.312 e. The van der Waals surface area contributed by atoms with Crippen molar-refractivity contribution in [1.29, 1.82) is 0 Å². The number of ether oxygens (including phenoxy) is 4. The smallest absolute Gasteiger partial charge is 0.312 e. The Bertz CT molecular complexity index is 1810. The lowest BCUT2D eigenvalue weighted by molar-refractivity contribution is -0.160. The minimum absolute atomic E-state index is 0.0244. The van der Waals surface area contributed by atoms with Gasteiger partial charge in [0, 0.05) is 62.8 Å². The molecular formula is C40H53NO12. The van der Waals surface area contributed by atoms with Crippen LogP contribution in [0.15, 0.2) is 53.7 Å². The molecule has 0 amide bonds. The van der Waals surface area contributed by atoms with Crippen LogP contribution in [0.25, 0.3) is 5.76 Å². The molecule has 10 atom stereocenters. The monoisotopic (exact) mass is 739 g/mol. The van der Waals surface area contributed by atoms with Crippen LogP contribution in [0.1, 0.15) is 87.2 Å². The molecule has 1 aromatic carbocycles. The average Bonchev–Trinajstić information content (AvgIpc) is 3.37. The van der Waals surface area contributed by atoms with E-state index < -0.39 is 88.3 Å². The third-order valence-corrected chi connectivity index (χ3v) is 11.0. The Kier molecular flexibility index (Phi) is 12.0. The van der Waals surface area contributed by atoms with Gasteiger partial charge in [-0.15, -0.1) is 0 Å². The quantitative estimate of drug-likeness (QED) is 0.217. The number of carbonyl (C=O) groups excluding carboxylic acids is 3. The van der Waals surface area contributed by atoms with Gasteiger partial charge in [-0.05, 0) is 38.5 Å². The van der Waals surface area contributed by atoms with Crippen LogP contribution in [-0.4, -0.2) is 87.4 Å². The molecule has 13 heteroatoms. The summed E-state index contributed by atoms with van der Waals surface area (Å²) < 4.78 is 23.4. The van der Waals surface area contributed by atoms with Gasteiger partial charge >= 0.3 is 11.8 Å². The minimum Gasteiger partial charge on any atom is -0.508 e. The molecule has 0 saturated carbocycles. The highest BCUT2D eigenvalue weighted by molar-refractivity contribution is 6.21. The number of ketones is 2. The SMILES string of the molecule is CNC1=C(O)c2c(O)c(C)c3c4c2C(=O)C1(C)/C=C(O)/C(C)=C\C=C\[C@H](C)[C@H](O)[C@@H](C)[C@@H](O)[C@@H](C)[C@H](OC(C)=O)[C@H](C)[C@@H](OC)/C=C/O[C@@](C)(O3)C4=O. The summed E-state index contributed by atoms with van der Waals surface area (Å²) in [5.74, 6) is -7.88. The van der Waals surface area contributed by atoms with Gasteiger partial charge in [-0.25, -0.2) is 0 Å². The van der Waals surface area contributed by atoms with Gasteiger partial charge in [0.25, 0.3) is 5.78 Å². The highest BCUT2D eigenvalue weighted by Crippen LogP contribution is 2.53. The summed E-state index contributed by atoms with van der Waals surface area (Å²) in [5.41, 5.74) is -2.14. The maximum atomic E-state index is 14.6. The number of phenolic OH excluding ortho intramolecular Hbond substituents is 1. The fourth-order valence-electron chi connectivity index (χ4n) is 7.55. The third kappa shape index (κ3) is 7.21. The van der Waals surface area contributed by atoms with E-state index in [4.69, 9.17) is 18.9 Å². The average molecular weight is 740 g/mol. The molecule has 0 spiro atoms. The molecule has 2 heterocycles. The Morgan fingerprint density at radius 3 is 2.13 bits per heavy atom. The van der Waals surface area contributed by atoms with Crippen molar-refractivity contribution in [1.82, 2.24) is 5.32 Å². The topological polar surface area (TPSA) is 201 Å². The van der Waals surface area contributed by atoms with Crippen LogP contribution in [0.5, 0.6) is 11.5 Å². The first kappa shape index (κ1) is 41.2. The molecule has 0 fully saturated rings. The predicted molar refractivity (Wildman–Crippen MR) is 196 cm³/mol. The molecule has 290 valence electrons. The van der Waals surface area contributed by atoms with Gasteiger partial charge in [0.15, 0.2) is 5.78 Å². The van der Waals surface area contributed by atoms with Crippen LogP contribution >= 0.6 is 0 Å². The number of phenols is 1. The van der Waals surface area contributed by atoms with Gasteiger partial charge in [-0.2, -0.15) is 0 Å². The molecule has 0 saturated heterocycles. The lowest BCUT2D eigenvalue weighted by Gasteiger charge is -2.38. The number of rotatable bonds is 3. The van der Waals surface area contributed by atoms with Crippen molar-refractivity contribution in [3.8, 4) is 11.5 Å². The van der Waals surface area contributed by atoms with E-state index in [0.29, 0.717) is 5.57 Å². The number of hydrogen-bond donors (Lipinski definition) is 6. The lowest BCUT2D eigenvalue weighted by Crippen LogP contribution is -2.46. The summed E-state index contributed by atoms with van der Waals surface area (Å²) in [6, 6.07) is 0. The molecule has 0 aromatic heterocycles. The Balaban J connectivity index is 1.95. The molecule has 1 aromatic rings. The van der Waals surface area contributed by atoms with Gasteiger partial charge < -0.3 is 49.8 Å². The van der Waals surface area contributed by atoms with Crippen LogP contribution in [0.3, 0.4) is 0 Å². The number of allylic oxidation sites excluding steroid dienone is 4. The second kappa shape index (κ2) is 15.4. The normalized spacial score (nSPS) is 37.1. The summed E-state index contributed by atoms with van der Waals surface area (Å²) in [6.45, 7) is 14.1. The van der Waals surface area contributed by atoms with E-state index in [1.54, 1.807) is 52.8 Å². The van der Waals surface area contributed by atoms with Crippen molar-refractivity contribution < 1.29 is 58.9 Å². The number of aliphatic hydroxyl groups excluding tert-OH is 4. The van der Waals surface area contributed by atoms with E-state index >= 15 is 0 Å². The molecule has 4 bridgehead atoms. The van der Waals surface area contributed by atoms with E-state index in [1.807, 2.05) is 0 Å². The number of fused-ring (bicyclic) bond motifs is 2. The first-order valence-electron chi connectivity index (χ1n) is 17.7. The number of aromatic hydroxyl groups is 1. The zero-order valence-corrected chi connectivity index (χ0v) is 32.2. The van der Waals surface area contributed by atoms with Crippen molar-refractivity contribution in [2.75, 3.05) is 14.2 Å². The van der Waals surface area contributed by atoms with E-state index in [-0.39, 0.29) is 39.5 Å². The number of methoxy groups -OCH3 is 1. The van der Waals surface area contributed by atoms with E-state index in [2.05, 4.69) is 5.32 Å². The zero-order valence-electron chi connectivity index (χ0n) is 32.2. The number of esters is 1. The summed E-state index contributed by atoms with van der Waals surface area (Å²) in [7, 11) is 2.91. The zero-order chi connectivity index (χ0) is 39.9. The van der Waals surface area contributed by atoms with Crippen LogP contribution in [0, 0.1) is 36.0 Å². The number of hydrogen-bond acceptors (Lipinski definition) is 13. The van der Waals surface area contributed by atoms with Gasteiger partial charge in [0.1, 0.15) is 29.1 Å². The van der Waals surface area contributed by atoms with Gasteiger partial charge in [-0.3, -0.25) is 14.4 Å². The largest absolute Gasteiger partial charge is 0.508 e. The molecule has 3 aliphatic rings. The van der Waals surface area contributed by atoms with Crippen molar-refractivity contribution in [2.45, 2.75) is 92.5 Å². The van der Waals surface area contributed by atoms with Crippen LogP contribution in [0.2, 0.25) is 0 Å². The standard InChI is InChI=1S/C40H53NO12/c1-18-13-12-14-19(2)30(44)21(4)31(45)22(5)34(52-24(7)42)20(3)26(50-11)15-16-51-40(9)38(49)29-27-28(32(46)23(6)35(29)53-40)33(47)36(41-10)39(8,37(27)48)17-25(18)43/h12-17,19-22,26,30-31,34,41,43-47H,1-11H3/b14-12+,16-15+,18-13-,25-17-/t19-,20+,21+,22+,26-,30-,31+,34+,39?,40-/m0/s1. The highest BCUT2D eigenvalue weighted by Gasteiger charge is 2.55. The van der Waals surface area contributed by atoms with Gasteiger partial charge in [-0.1, -0.05) is 45.9 Å². The number of Topliss-reactive ketones (excluding diaryl/α,β-unsaturated/α-hetero) is 2. The summed E-state index contributed by atoms with van der Waals surface area (Å²) >= 11 is 0. The van der Waals surface area contributed by atoms with E-state index in [0.717, 1.165) is 0 Å². The van der Waals surface area contributed by atoms with Crippen molar-refractivity contribution in [3.05, 3.63) is 75.9 Å².